The second kappa shape index (κ2) is 13.0. The molecule has 0 heterocycles. The molecule has 0 N–H and O–H groups in total. The van der Waals surface area contributed by atoms with Gasteiger partial charge in [-0.2, -0.15) is 0 Å². The summed E-state index contributed by atoms with van der Waals surface area (Å²) in [7, 11) is 0. The van der Waals surface area contributed by atoms with E-state index < -0.39 is 0 Å². The Hall–Kier alpha value is -0.990. The number of hydrogen-bond acceptors (Lipinski definition) is 3. The SMILES string of the molecule is CCCCCCC(=O)CCC(=O)CCC(=O)CCCC. The second-order valence-corrected chi connectivity index (χ2v) is 5.53. The number of Topliss-reactive ketones (excluding diaryl/α,β-unsaturated/α-hetero) is 3. The Morgan fingerprint density at radius 3 is 1.35 bits per heavy atom. The molecule has 0 saturated carbocycles. The van der Waals surface area contributed by atoms with E-state index in [2.05, 4.69) is 6.92 Å². The summed E-state index contributed by atoms with van der Waals surface area (Å²) in [6.45, 7) is 4.19. The van der Waals surface area contributed by atoms with Crippen LogP contribution in [0.25, 0.3) is 0 Å². The fourth-order valence-electron chi connectivity index (χ4n) is 2.06. The summed E-state index contributed by atoms with van der Waals surface area (Å²) in [5, 5.41) is 0. The minimum Gasteiger partial charge on any atom is -0.300 e. The number of hydrogen-bond donors (Lipinski definition) is 0. The van der Waals surface area contributed by atoms with E-state index in [0.29, 0.717) is 38.5 Å². The molecule has 0 saturated heterocycles. The summed E-state index contributed by atoms with van der Waals surface area (Å²) in [6, 6.07) is 0. The van der Waals surface area contributed by atoms with Crippen LogP contribution >= 0.6 is 0 Å². The molecule has 3 heteroatoms. The third-order valence-electron chi connectivity index (χ3n) is 3.48. The van der Waals surface area contributed by atoms with Gasteiger partial charge in [-0.3, -0.25) is 14.4 Å². The zero-order valence-corrected chi connectivity index (χ0v) is 13.2. The van der Waals surface area contributed by atoms with Crippen LogP contribution in [0.15, 0.2) is 0 Å². The fourth-order valence-corrected chi connectivity index (χ4v) is 2.06. The van der Waals surface area contributed by atoms with Crippen LogP contribution in [0.4, 0.5) is 0 Å². The first-order valence-corrected chi connectivity index (χ1v) is 8.15. The van der Waals surface area contributed by atoms with Gasteiger partial charge in [0.2, 0.25) is 0 Å². The minimum absolute atomic E-state index is 0.0526. The summed E-state index contributed by atoms with van der Waals surface area (Å²) in [4.78, 5) is 34.6. The molecule has 0 amide bonds. The van der Waals surface area contributed by atoms with Gasteiger partial charge in [0.15, 0.2) is 0 Å². The van der Waals surface area contributed by atoms with Gasteiger partial charge in [0, 0.05) is 38.5 Å². The molecule has 0 atom stereocenters. The van der Waals surface area contributed by atoms with Crippen molar-refractivity contribution in [2.24, 2.45) is 0 Å². The lowest BCUT2D eigenvalue weighted by atomic mass is 10.0. The van der Waals surface area contributed by atoms with Gasteiger partial charge in [-0.1, -0.05) is 39.5 Å². The van der Waals surface area contributed by atoms with E-state index >= 15 is 0 Å². The molecule has 0 aromatic carbocycles. The molecule has 0 aromatic rings. The Kier molecular flexibility index (Phi) is 12.4. The molecule has 0 radical (unpaired) electrons. The van der Waals surface area contributed by atoms with Gasteiger partial charge >= 0.3 is 0 Å². The quantitative estimate of drug-likeness (QED) is 0.443. The van der Waals surface area contributed by atoms with Crippen molar-refractivity contribution in [3.8, 4) is 0 Å². The first kappa shape index (κ1) is 19.0. The Morgan fingerprint density at radius 2 is 0.900 bits per heavy atom. The van der Waals surface area contributed by atoms with Crippen LogP contribution in [0, 0.1) is 0 Å². The van der Waals surface area contributed by atoms with Crippen molar-refractivity contribution in [1.82, 2.24) is 0 Å². The summed E-state index contributed by atoms with van der Waals surface area (Å²) in [6.07, 6.45) is 8.80. The summed E-state index contributed by atoms with van der Waals surface area (Å²) in [5.74, 6) is 0.412. The van der Waals surface area contributed by atoms with Gasteiger partial charge in [-0.25, -0.2) is 0 Å². The molecule has 0 spiro atoms. The zero-order chi connectivity index (χ0) is 15.2. The molecule has 0 aliphatic carbocycles. The highest BCUT2D eigenvalue weighted by atomic mass is 16.1. The van der Waals surface area contributed by atoms with Crippen molar-refractivity contribution in [3.63, 3.8) is 0 Å². The lowest BCUT2D eigenvalue weighted by Gasteiger charge is -2.02. The van der Waals surface area contributed by atoms with Crippen LogP contribution in [-0.2, 0) is 14.4 Å². The van der Waals surface area contributed by atoms with Crippen LogP contribution in [0.2, 0.25) is 0 Å². The maximum absolute atomic E-state index is 11.6. The van der Waals surface area contributed by atoms with E-state index in [4.69, 9.17) is 0 Å². The maximum atomic E-state index is 11.6. The third kappa shape index (κ3) is 12.1. The van der Waals surface area contributed by atoms with Gasteiger partial charge in [-0.05, 0) is 12.8 Å². The number of carbonyl (C=O) groups is 3. The van der Waals surface area contributed by atoms with Crippen molar-refractivity contribution in [1.29, 1.82) is 0 Å². The smallest absolute Gasteiger partial charge is 0.133 e. The van der Waals surface area contributed by atoms with Crippen LogP contribution in [-0.4, -0.2) is 17.3 Å². The molecular formula is C17H30O3. The topological polar surface area (TPSA) is 51.2 Å². The normalized spacial score (nSPS) is 10.5. The number of rotatable bonds is 14. The van der Waals surface area contributed by atoms with E-state index in [1.807, 2.05) is 6.92 Å². The summed E-state index contributed by atoms with van der Waals surface area (Å²) < 4.78 is 0. The number of carbonyl (C=O) groups excluding carboxylic acids is 3. The van der Waals surface area contributed by atoms with Gasteiger partial charge in [0.1, 0.15) is 17.3 Å². The molecule has 0 bridgehead atoms. The predicted octanol–water partition coefficient (Wildman–Crippen LogP) is 4.41. The molecular weight excluding hydrogens is 252 g/mol. The highest BCUT2D eigenvalue weighted by Crippen LogP contribution is 2.08. The van der Waals surface area contributed by atoms with Crippen molar-refractivity contribution in [3.05, 3.63) is 0 Å². The Bertz CT molecular complexity index is 295. The molecule has 0 aliphatic rings. The minimum atomic E-state index is 0.0526. The van der Waals surface area contributed by atoms with Crippen LogP contribution in [0.1, 0.15) is 90.9 Å². The Morgan fingerprint density at radius 1 is 0.500 bits per heavy atom. The van der Waals surface area contributed by atoms with E-state index in [1.165, 1.54) is 12.8 Å². The molecule has 0 aromatic heterocycles. The molecule has 0 unspecified atom stereocenters. The third-order valence-corrected chi connectivity index (χ3v) is 3.48. The van der Waals surface area contributed by atoms with Crippen molar-refractivity contribution < 1.29 is 14.4 Å². The van der Waals surface area contributed by atoms with Crippen molar-refractivity contribution >= 4 is 17.3 Å². The first-order valence-electron chi connectivity index (χ1n) is 8.15. The second-order valence-electron chi connectivity index (χ2n) is 5.53. The van der Waals surface area contributed by atoms with Crippen LogP contribution in [0.3, 0.4) is 0 Å². The first-order chi connectivity index (χ1) is 9.60. The Labute approximate surface area is 123 Å². The maximum Gasteiger partial charge on any atom is 0.133 e. The van der Waals surface area contributed by atoms with Crippen LogP contribution in [0.5, 0.6) is 0 Å². The standard InChI is InChI=1S/C17H30O3/c1-3-5-7-8-10-16(19)12-14-17(20)13-11-15(18)9-6-4-2/h3-14H2,1-2H3. The van der Waals surface area contributed by atoms with Crippen LogP contribution < -0.4 is 0 Å². The molecule has 0 rings (SSSR count). The van der Waals surface area contributed by atoms with Gasteiger partial charge in [-0.15, -0.1) is 0 Å². The highest BCUT2D eigenvalue weighted by Gasteiger charge is 2.09. The predicted molar refractivity (Wildman–Crippen MR) is 81.8 cm³/mol. The molecule has 0 fully saturated rings. The van der Waals surface area contributed by atoms with Crippen molar-refractivity contribution in [2.45, 2.75) is 90.9 Å². The Balaban J connectivity index is 3.56. The van der Waals surface area contributed by atoms with Gasteiger partial charge in [0.25, 0.3) is 0 Å². The molecule has 116 valence electrons. The van der Waals surface area contributed by atoms with Gasteiger partial charge < -0.3 is 0 Å². The largest absolute Gasteiger partial charge is 0.300 e. The number of ketones is 3. The van der Waals surface area contributed by atoms with E-state index in [9.17, 15) is 14.4 Å². The molecule has 3 nitrogen and oxygen atoms in total. The van der Waals surface area contributed by atoms with E-state index in [-0.39, 0.29) is 17.3 Å². The number of unbranched alkanes of at least 4 members (excludes halogenated alkanes) is 4. The average Bonchev–Trinajstić information content (AvgIpc) is 2.45. The molecule has 0 aliphatic heterocycles. The lowest BCUT2D eigenvalue weighted by Crippen LogP contribution is -2.07. The monoisotopic (exact) mass is 282 g/mol. The zero-order valence-electron chi connectivity index (χ0n) is 13.2. The van der Waals surface area contributed by atoms with Gasteiger partial charge in [0.05, 0.1) is 0 Å². The van der Waals surface area contributed by atoms with E-state index in [0.717, 1.165) is 25.7 Å². The fraction of sp³-hybridized carbons (Fsp3) is 0.824. The summed E-state index contributed by atoms with van der Waals surface area (Å²) in [5.41, 5.74) is 0. The highest BCUT2D eigenvalue weighted by molar-refractivity contribution is 5.89. The van der Waals surface area contributed by atoms with Crippen molar-refractivity contribution in [2.75, 3.05) is 0 Å². The lowest BCUT2D eigenvalue weighted by molar-refractivity contribution is -0.126. The average molecular weight is 282 g/mol. The van der Waals surface area contributed by atoms with E-state index in [1.54, 1.807) is 0 Å². The molecule has 20 heavy (non-hydrogen) atoms. The summed E-state index contributed by atoms with van der Waals surface area (Å²) >= 11 is 0.